The smallest absolute Gasteiger partial charge is 0.282 e. The topological polar surface area (TPSA) is 103 Å². The van der Waals surface area contributed by atoms with Crippen LogP contribution in [0.1, 0.15) is 21.5 Å². The van der Waals surface area contributed by atoms with Crippen molar-refractivity contribution in [3.63, 3.8) is 0 Å². The number of aliphatic imine (C=N–C) groups is 1. The van der Waals surface area contributed by atoms with Gasteiger partial charge in [-0.25, -0.2) is 0 Å². The third kappa shape index (κ3) is 3.42. The van der Waals surface area contributed by atoms with Crippen LogP contribution in [-0.2, 0) is 6.54 Å². The average Bonchev–Trinajstić information content (AvgIpc) is 2.57. The molecular formula is C19H18N4O2. The molecular weight excluding hydrogens is 316 g/mol. The fourth-order valence-corrected chi connectivity index (χ4v) is 2.75. The molecule has 0 aliphatic rings. The first-order valence-electron chi connectivity index (χ1n) is 7.77. The molecule has 126 valence electrons. The number of aromatic nitrogens is 1. The van der Waals surface area contributed by atoms with Crippen LogP contribution in [0, 0.1) is 6.92 Å². The SMILES string of the molecule is Cc1ccc2c(=O)n(Cc3ccccc3)cc(C(=O)N=C(N)N)c2c1. The van der Waals surface area contributed by atoms with E-state index in [9.17, 15) is 9.59 Å². The van der Waals surface area contributed by atoms with E-state index in [1.807, 2.05) is 43.3 Å². The van der Waals surface area contributed by atoms with Crippen molar-refractivity contribution in [2.24, 2.45) is 16.5 Å². The van der Waals surface area contributed by atoms with E-state index in [0.29, 0.717) is 22.9 Å². The van der Waals surface area contributed by atoms with Gasteiger partial charge in [0.05, 0.1) is 12.1 Å². The highest BCUT2D eigenvalue weighted by Crippen LogP contribution is 2.19. The Labute approximate surface area is 144 Å². The maximum absolute atomic E-state index is 12.8. The van der Waals surface area contributed by atoms with Crippen LogP contribution in [0.25, 0.3) is 10.8 Å². The number of fused-ring (bicyclic) bond motifs is 1. The molecule has 0 radical (unpaired) electrons. The summed E-state index contributed by atoms with van der Waals surface area (Å²) in [7, 11) is 0. The van der Waals surface area contributed by atoms with Gasteiger partial charge in [0.2, 0.25) is 0 Å². The summed E-state index contributed by atoms with van der Waals surface area (Å²) in [6.07, 6.45) is 1.52. The van der Waals surface area contributed by atoms with E-state index in [1.54, 1.807) is 12.1 Å². The van der Waals surface area contributed by atoms with Crippen LogP contribution in [-0.4, -0.2) is 16.4 Å². The molecule has 0 saturated carbocycles. The molecule has 3 rings (SSSR count). The van der Waals surface area contributed by atoms with Crippen molar-refractivity contribution < 1.29 is 4.79 Å². The summed E-state index contributed by atoms with van der Waals surface area (Å²) in [6, 6.07) is 14.9. The minimum Gasteiger partial charge on any atom is -0.370 e. The number of amides is 1. The second-order valence-electron chi connectivity index (χ2n) is 5.85. The normalized spacial score (nSPS) is 10.6. The standard InChI is InChI=1S/C19H18N4O2/c1-12-7-8-14-15(9-12)16(17(24)22-19(20)21)11-23(18(14)25)10-13-5-3-2-4-6-13/h2-9,11H,10H2,1H3,(H4,20,21,22,24). The zero-order valence-corrected chi connectivity index (χ0v) is 13.8. The number of hydrogen-bond acceptors (Lipinski definition) is 2. The van der Waals surface area contributed by atoms with Crippen molar-refractivity contribution in [2.75, 3.05) is 0 Å². The van der Waals surface area contributed by atoms with Gasteiger partial charge < -0.3 is 16.0 Å². The molecule has 0 bridgehead atoms. The van der Waals surface area contributed by atoms with Crippen LogP contribution in [0.5, 0.6) is 0 Å². The number of carbonyl (C=O) groups excluding carboxylic acids is 1. The average molecular weight is 334 g/mol. The summed E-state index contributed by atoms with van der Waals surface area (Å²) in [5, 5.41) is 1.00. The van der Waals surface area contributed by atoms with Crippen LogP contribution in [0.4, 0.5) is 0 Å². The van der Waals surface area contributed by atoms with E-state index < -0.39 is 5.91 Å². The highest BCUT2D eigenvalue weighted by atomic mass is 16.1. The van der Waals surface area contributed by atoms with Gasteiger partial charge in [-0.1, -0.05) is 48.0 Å². The maximum Gasteiger partial charge on any atom is 0.282 e. The largest absolute Gasteiger partial charge is 0.370 e. The molecule has 2 aromatic carbocycles. The summed E-state index contributed by atoms with van der Waals surface area (Å²) in [5.41, 5.74) is 12.7. The van der Waals surface area contributed by atoms with E-state index in [4.69, 9.17) is 11.5 Å². The van der Waals surface area contributed by atoms with E-state index in [2.05, 4.69) is 4.99 Å². The Kier molecular flexibility index (Phi) is 4.35. The summed E-state index contributed by atoms with van der Waals surface area (Å²) in [4.78, 5) is 28.9. The molecule has 1 aromatic heterocycles. The number of benzene rings is 2. The molecule has 0 saturated heterocycles. The molecule has 0 spiro atoms. The zero-order chi connectivity index (χ0) is 18.0. The number of guanidine groups is 1. The lowest BCUT2D eigenvalue weighted by atomic mass is 10.0. The van der Waals surface area contributed by atoms with Gasteiger partial charge in [-0.3, -0.25) is 9.59 Å². The Balaban J connectivity index is 2.24. The molecule has 1 heterocycles. The minimum atomic E-state index is -0.572. The molecule has 6 nitrogen and oxygen atoms in total. The van der Waals surface area contributed by atoms with Gasteiger partial charge in [-0.15, -0.1) is 0 Å². The van der Waals surface area contributed by atoms with Gasteiger partial charge in [0.25, 0.3) is 11.5 Å². The molecule has 0 atom stereocenters. The number of pyridine rings is 1. The third-order valence-corrected chi connectivity index (χ3v) is 3.90. The van der Waals surface area contributed by atoms with Gasteiger partial charge in [0.15, 0.2) is 5.96 Å². The second kappa shape index (κ2) is 6.60. The first kappa shape index (κ1) is 16.4. The van der Waals surface area contributed by atoms with Gasteiger partial charge in [-0.2, -0.15) is 4.99 Å². The van der Waals surface area contributed by atoms with Gasteiger partial charge in [0, 0.05) is 17.0 Å². The quantitative estimate of drug-likeness (QED) is 0.563. The molecule has 6 heteroatoms. The lowest BCUT2D eigenvalue weighted by Crippen LogP contribution is -2.26. The lowest BCUT2D eigenvalue weighted by Gasteiger charge is -2.11. The van der Waals surface area contributed by atoms with Crippen LogP contribution in [0.2, 0.25) is 0 Å². The van der Waals surface area contributed by atoms with Crippen LogP contribution >= 0.6 is 0 Å². The van der Waals surface area contributed by atoms with E-state index in [1.165, 1.54) is 10.8 Å². The fourth-order valence-electron chi connectivity index (χ4n) is 2.75. The predicted octanol–water partition coefficient (Wildman–Crippen LogP) is 1.77. The van der Waals surface area contributed by atoms with E-state index >= 15 is 0 Å². The van der Waals surface area contributed by atoms with Gasteiger partial charge >= 0.3 is 0 Å². The lowest BCUT2D eigenvalue weighted by molar-refractivity contribution is 0.100. The molecule has 0 fully saturated rings. The highest BCUT2D eigenvalue weighted by molar-refractivity contribution is 6.10. The fraction of sp³-hybridized carbons (Fsp3) is 0.105. The number of carbonyl (C=O) groups is 1. The molecule has 3 aromatic rings. The van der Waals surface area contributed by atoms with Crippen molar-refractivity contribution in [1.82, 2.24) is 4.57 Å². The number of nitrogens with zero attached hydrogens (tertiary/aromatic N) is 2. The number of aryl methyl sites for hydroxylation is 1. The molecule has 0 unspecified atom stereocenters. The molecule has 4 N–H and O–H groups in total. The first-order chi connectivity index (χ1) is 12.0. The summed E-state index contributed by atoms with van der Waals surface area (Å²) < 4.78 is 1.50. The Morgan fingerprint density at radius 1 is 1.08 bits per heavy atom. The molecule has 0 aliphatic carbocycles. The second-order valence-corrected chi connectivity index (χ2v) is 5.85. The zero-order valence-electron chi connectivity index (χ0n) is 13.8. The summed E-state index contributed by atoms with van der Waals surface area (Å²) >= 11 is 0. The summed E-state index contributed by atoms with van der Waals surface area (Å²) in [6.45, 7) is 2.25. The number of hydrogen-bond donors (Lipinski definition) is 2. The van der Waals surface area contributed by atoms with Crippen molar-refractivity contribution >= 4 is 22.6 Å². The molecule has 1 amide bonds. The third-order valence-electron chi connectivity index (χ3n) is 3.90. The van der Waals surface area contributed by atoms with Crippen molar-refractivity contribution in [1.29, 1.82) is 0 Å². The Bertz CT molecular complexity index is 1030. The van der Waals surface area contributed by atoms with E-state index in [0.717, 1.165) is 11.1 Å². The van der Waals surface area contributed by atoms with Gasteiger partial charge in [-0.05, 0) is 18.6 Å². The Morgan fingerprint density at radius 2 is 1.80 bits per heavy atom. The van der Waals surface area contributed by atoms with E-state index in [-0.39, 0.29) is 11.5 Å². The number of nitrogens with two attached hydrogens (primary N) is 2. The number of rotatable bonds is 3. The van der Waals surface area contributed by atoms with Gasteiger partial charge in [0.1, 0.15) is 0 Å². The Hall–Kier alpha value is -3.41. The Morgan fingerprint density at radius 3 is 2.48 bits per heavy atom. The predicted molar refractivity (Wildman–Crippen MR) is 98.6 cm³/mol. The molecule has 25 heavy (non-hydrogen) atoms. The van der Waals surface area contributed by atoms with Crippen LogP contribution in [0.15, 0.2) is 64.5 Å². The highest BCUT2D eigenvalue weighted by Gasteiger charge is 2.15. The minimum absolute atomic E-state index is 0.167. The monoisotopic (exact) mass is 334 g/mol. The first-order valence-corrected chi connectivity index (χ1v) is 7.77. The van der Waals surface area contributed by atoms with Crippen molar-refractivity contribution in [3.8, 4) is 0 Å². The van der Waals surface area contributed by atoms with Crippen LogP contribution in [0.3, 0.4) is 0 Å². The maximum atomic E-state index is 12.8. The summed E-state index contributed by atoms with van der Waals surface area (Å²) in [5.74, 6) is -0.885. The van der Waals surface area contributed by atoms with Crippen molar-refractivity contribution in [3.05, 3.63) is 81.8 Å². The molecule has 0 aliphatic heterocycles. The van der Waals surface area contributed by atoms with Crippen LogP contribution < -0.4 is 17.0 Å². The van der Waals surface area contributed by atoms with Crippen molar-refractivity contribution in [2.45, 2.75) is 13.5 Å².